The number of rotatable bonds is 2. The minimum absolute atomic E-state index is 0.243. The van der Waals surface area contributed by atoms with Crippen molar-refractivity contribution >= 4 is 0 Å². The molecular weight excluding hydrogens is 258 g/mol. The van der Waals surface area contributed by atoms with Crippen molar-refractivity contribution in [2.24, 2.45) is 11.8 Å². The molecular formula is C19H27NO. The van der Waals surface area contributed by atoms with E-state index in [1.54, 1.807) is 0 Å². The van der Waals surface area contributed by atoms with Crippen molar-refractivity contribution in [2.75, 3.05) is 13.1 Å². The molecule has 0 spiro atoms. The Balaban J connectivity index is 1.66. The summed E-state index contributed by atoms with van der Waals surface area (Å²) in [7, 11) is 0. The summed E-state index contributed by atoms with van der Waals surface area (Å²) in [5.41, 5.74) is 3.12. The number of phenols is 1. The molecule has 1 saturated carbocycles. The smallest absolute Gasteiger partial charge is 0.115 e. The Hall–Kier alpha value is -1.02. The third-order valence-electron chi connectivity index (χ3n) is 6.82. The van der Waals surface area contributed by atoms with Gasteiger partial charge in [-0.25, -0.2) is 0 Å². The lowest BCUT2D eigenvalue weighted by molar-refractivity contribution is 0.0122. The van der Waals surface area contributed by atoms with Crippen LogP contribution in [-0.4, -0.2) is 29.1 Å². The van der Waals surface area contributed by atoms with Gasteiger partial charge >= 0.3 is 0 Å². The van der Waals surface area contributed by atoms with E-state index >= 15 is 0 Å². The predicted molar refractivity (Wildman–Crippen MR) is 85.6 cm³/mol. The molecule has 2 heteroatoms. The van der Waals surface area contributed by atoms with Crippen molar-refractivity contribution < 1.29 is 5.11 Å². The molecule has 0 radical (unpaired) electrons. The first-order chi connectivity index (χ1) is 10.1. The Bertz CT molecular complexity index is 550. The van der Waals surface area contributed by atoms with Gasteiger partial charge in [-0.05, 0) is 72.7 Å². The molecule has 2 aliphatic carbocycles. The van der Waals surface area contributed by atoms with Gasteiger partial charge in [-0.2, -0.15) is 0 Å². The zero-order valence-electron chi connectivity index (χ0n) is 13.3. The fourth-order valence-corrected chi connectivity index (χ4v) is 4.93. The van der Waals surface area contributed by atoms with Crippen LogP contribution in [0.2, 0.25) is 0 Å². The topological polar surface area (TPSA) is 23.5 Å². The van der Waals surface area contributed by atoms with Gasteiger partial charge in [-0.3, -0.25) is 4.90 Å². The van der Waals surface area contributed by atoms with E-state index in [1.165, 1.54) is 56.3 Å². The minimum atomic E-state index is 0.243. The highest BCUT2D eigenvalue weighted by Gasteiger charge is 2.48. The SMILES string of the molecule is CC1C2Cc3ccc(O)cc3C1(C)CCN2CC1CCC1. The van der Waals surface area contributed by atoms with Gasteiger partial charge < -0.3 is 5.11 Å². The molecule has 0 amide bonds. The first kappa shape index (κ1) is 13.6. The number of likely N-dealkylation sites (tertiary alicyclic amines) is 1. The third-order valence-corrected chi connectivity index (χ3v) is 6.82. The van der Waals surface area contributed by atoms with Crippen LogP contribution in [0.1, 0.15) is 50.7 Å². The van der Waals surface area contributed by atoms with E-state index < -0.39 is 0 Å². The second kappa shape index (κ2) is 4.74. The highest BCUT2D eigenvalue weighted by Crippen LogP contribution is 2.49. The minimum Gasteiger partial charge on any atom is -0.508 e. The van der Waals surface area contributed by atoms with E-state index in [0.717, 1.165) is 5.92 Å². The van der Waals surface area contributed by atoms with Crippen LogP contribution in [-0.2, 0) is 11.8 Å². The van der Waals surface area contributed by atoms with Crippen LogP contribution < -0.4 is 0 Å². The summed E-state index contributed by atoms with van der Waals surface area (Å²) in [6.45, 7) is 7.41. The van der Waals surface area contributed by atoms with Gasteiger partial charge in [0.2, 0.25) is 0 Å². The number of hydrogen-bond donors (Lipinski definition) is 1. The van der Waals surface area contributed by atoms with E-state index in [2.05, 4.69) is 24.8 Å². The maximum atomic E-state index is 9.89. The number of fused-ring (bicyclic) bond motifs is 4. The van der Waals surface area contributed by atoms with Crippen LogP contribution in [0.25, 0.3) is 0 Å². The van der Waals surface area contributed by atoms with Crippen LogP contribution in [0.4, 0.5) is 0 Å². The van der Waals surface area contributed by atoms with Gasteiger partial charge in [0, 0.05) is 12.6 Å². The number of phenolic OH excluding ortho intramolecular Hbond substituents is 1. The Kier molecular flexibility index (Phi) is 3.08. The largest absolute Gasteiger partial charge is 0.508 e. The monoisotopic (exact) mass is 285 g/mol. The maximum absolute atomic E-state index is 9.89. The molecule has 3 unspecified atom stereocenters. The van der Waals surface area contributed by atoms with E-state index in [9.17, 15) is 5.11 Å². The van der Waals surface area contributed by atoms with Crippen LogP contribution in [0.3, 0.4) is 0 Å². The number of nitrogens with zero attached hydrogens (tertiary/aromatic N) is 1. The average Bonchev–Trinajstić information content (AvgIpc) is 2.41. The second-order valence-electron chi connectivity index (χ2n) is 7.86. The van der Waals surface area contributed by atoms with E-state index in [-0.39, 0.29) is 5.41 Å². The number of piperidine rings is 1. The van der Waals surface area contributed by atoms with Crippen LogP contribution in [0, 0.1) is 11.8 Å². The third kappa shape index (κ3) is 2.03. The molecule has 0 aromatic heterocycles. The fraction of sp³-hybridized carbons (Fsp3) is 0.684. The molecule has 1 aliphatic heterocycles. The van der Waals surface area contributed by atoms with Gasteiger partial charge in [0.1, 0.15) is 5.75 Å². The standard InChI is InChI=1S/C19H27NO/c1-13-18-10-15-6-7-16(21)11-17(15)19(13,2)8-9-20(18)12-14-4-3-5-14/h6-7,11,13-14,18,21H,3-5,8-10,12H2,1-2H3. The van der Waals surface area contributed by atoms with Crippen molar-refractivity contribution in [3.8, 4) is 5.75 Å². The molecule has 1 heterocycles. The van der Waals surface area contributed by atoms with Crippen molar-refractivity contribution in [3.05, 3.63) is 29.3 Å². The Labute approximate surface area is 128 Å². The lowest BCUT2D eigenvalue weighted by atomic mass is 9.59. The van der Waals surface area contributed by atoms with E-state index in [1.807, 2.05) is 12.1 Å². The molecule has 1 aromatic carbocycles. The summed E-state index contributed by atoms with van der Waals surface area (Å²) < 4.78 is 0. The van der Waals surface area contributed by atoms with Gasteiger partial charge in [0.05, 0.1) is 0 Å². The molecule has 114 valence electrons. The summed E-state index contributed by atoms with van der Waals surface area (Å²) in [6, 6.07) is 6.75. The molecule has 21 heavy (non-hydrogen) atoms. The van der Waals surface area contributed by atoms with E-state index in [4.69, 9.17) is 0 Å². The van der Waals surface area contributed by atoms with Crippen LogP contribution in [0.5, 0.6) is 5.75 Å². The summed E-state index contributed by atoms with van der Waals surface area (Å²) in [4.78, 5) is 2.78. The summed E-state index contributed by atoms with van der Waals surface area (Å²) >= 11 is 0. The van der Waals surface area contributed by atoms with Crippen LogP contribution >= 0.6 is 0 Å². The summed E-state index contributed by atoms with van der Waals surface area (Å²) in [6.07, 6.45) is 6.73. The Morgan fingerprint density at radius 1 is 1.33 bits per heavy atom. The van der Waals surface area contributed by atoms with Gasteiger partial charge in [-0.15, -0.1) is 0 Å². The van der Waals surface area contributed by atoms with Crippen molar-refractivity contribution in [3.63, 3.8) is 0 Å². The number of aromatic hydroxyl groups is 1. The molecule has 2 bridgehead atoms. The van der Waals surface area contributed by atoms with E-state index in [0.29, 0.717) is 17.7 Å². The average molecular weight is 285 g/mol. The molecule has 2 nitrogen and oxygen atoms in total. The molecule has 2 fully saturated rings. The Morgan fingerprint density at radius 3 is 2.86 bits per heavy atom. The maximum Gasteiger partial charge on any atom is 0.115 e. The quantitative estimate of drug-likeness (QED) is 0.895. The molecule has 3 aliphatic rings. The van der Waals surface area contributed by atoms with Gasteiger partial charge in [0.25, 0.3) is 0 Å². The molecule has 4 rings (SSSR count). The zero-order chi connectivity index (χ0) is 14.6. The molecule has 3 atom stereocenters. The van der Waals surface area contributed by atoms with Gasteiger partial charge in [0.15, 0.2) is 0 Å². The first-order valence-electron chi connectivity index (χ1n) is 8.64. The number of benzene rings is 1. The predicted octanol–water partition coefficient (Wildman–Crippen LogP) is 3.72. The first-order valence-corrected chi connectivity index (χ1v) is 8.64. The van der Waals surface area contributed by atoms with Crippen molar-refractivity contribution in [2.45, 2.75) is 57.4 Å². The second-order valence-corrected chi connectivity index (χ2v) is 7.86. The lowest BCUT2D eigenvalue weighted by Gasteiger charge is -2.55. The summed E-state index contributed by atoms with van der Waals surface area (Å²) in [5.74, 6) is 2.07. The zero-order valence-corrected chi connectivity index (χ0v) is 13.3. The molecule has 1 saturated heterocycles. The Morgan fingerprint density at radius 2 is 2.14 bits per heavy atom. The number of hydrogen-bond acceptors (Lipinski definition) is 2. The molecule has 1 aromatic rings. The normalized spacial score (nSPS) is 36.1. The highest BCUT2D eigenvalue weighted by atomic mass is 16.3. The van der Waals surface area contributed by atoms with Gasteiger partial charge in [-0.1, -0.05) is 26.3 Å². The summed E-state index contributed by atoms with van der Waals surface area (Å²) in [5, 5.41) is 9.89. The molecule has 1 N–H and O–H groups in total. The van der Waals surface area contributed by atoms with Crippen molar-refractivity contribution in [1.29, 1.82) is 0 Å². The highest BCUT2D eigenvalue weighted by molar-refractivity contribution is 5.44. The lowest BCUT2D eigenvalue weighted by Crippen LogP contribution is -2.58. The van der Waals surface area contributed by atoms with Crippen molar-refractivity contribution in [1.82, 2.24) is 4.90 Å². The van der Waals surface area contributed by atoms with Crippen LogP contribution in [0.15, 0.2) is 18.2 Å². The fourth-order valence-electron chi connectivity index (χ4n) is 4.93.